The van der Waals surface area contributed by atoms with E-state index < -0.39 is 5.97 Å². The molecular weight excluding hydrogens is 444 g/mol. The standard InChI is InChI=1S/C27H32N4O4/c1-16-13-23(19(4)30(16)17(2)14-34-6)25(32)15-35-26(33)12-11-21-18(3)28-27-22-9-7-8-10-24(22)29-31(27)20(21)5/h7-10,13,17H,11-12,14-15H2,1-6H3. The summed E-state index contributed by atoms with van der Waals surface area (Å²) >= 11 is 0. The third-order valence-electron chi connectivity index (χ3n) is 6.59. The Morgan fingerprint density at radius 3 is 2.57 bits per heavy atom. The fourth-order valence-electron chi connectivity index (χ4n) is 4.91. The van der Waals surface area contributed by atoms with E-state index in [9.17, 15) is 9.59 Å². The summed E-state index contributed by atoms with van der Waals surface area (Å²) < 4.78 is 14.5. The SMILES string of the molecule is COCC(C)n1c(C)cc(C(=O)COC(=O)CCc2c(C)nc3c4ccccc4nn3c2C)c1C. The second kappa shape index (κ2) is 10.00. The molecule has 0 N–H and O–H groups in total. The third kappa shape index (κ3) is 4.71. The molecule has 8 heteroatoms. The summed E-state index contributed by atoms with van der Waals surface area (Å²) in [5.41, 5.74) is 6.87. The summed E-state index contributed by atoms with van der Waals surface area (Å²) in [5, 5.41) is 5.66. The quantitative estimate of drug-likeness (QED) is 0.261. The average Bonchev–Trinajstić information content (AvgIpc) is 3.34. The van der Waals surface area contributed by atoms with E-state index >= 15 is 0 Å². The monoisotopic (exact) mass is 476 g/mol. The highest BCUT2D eigenvalue weighted by Crippen LogP contribution is 2.24. The Bertz CT molecular complexity index is 1420. The van der Waals surface area contributed by atoms with Gasteiger partial charge in [-0.1, -0.05) is 12.1 Å². The number of rotatable bonds is 9. The van der Waals surface area contributed by atoms with E-state index in [-0.39, 0.29) is 24.9 Å². The number of esters is 1. The lowest BCUT2D eigenvalue weighted by Gasteiger charge is -2.17. The molecule has 0 fully saturated rings. The predicted molar refractivity (Wildman–Crippen MR) is 134 cm³/mol. The van der Waals surface area contributed by atoms with Crippen LogP contribution in [0, 0.1) is 27.7 Å². The molecule has 0 radical (unpaired) electrons. The molecule has 35 heavy (non-hydrogen) atoms. The summed E-state index contributed by atoms with van der Waals surface area (Å²) in [4.78, 5) is 30.0. The molecule has 1 atom stereocenters. The number of benzene rings is 1. The van der Waals surface area contributed by atoms with Gasteiger partial charge in [-0.15, -0.1) is 0 Å². The maximum Gasteiger partial charge on any atom is 0.306 e. The van der Waals surface area contributed by atoms with E-state index in [0.29, 0.717) is 18.6 Å². The predicted octanol–water partition coefficient (Wildman–Crippen LogP) is 4.48. The van der Waals surface area contributed by atoms with Gasteiger partial charge in [0.15, 0.2) is 12.3 Å². The van der Waals surface area contributed by atoms with Crippen molar-refractivity contribution < 1.29 is 19.1 Å². The van der Waals surface area contributed by atoms with Crippen LogP contribution in [0.2, 0.25) is 0 Å². The van der Waals surface area contributed by atoms with Gasteiger partial charge in [0.2, 0.25) is 5.78 Å². The largest absolute Gasteiger partial charge is 0.457 e. The van der Waals surface area contributed by atoms with Gasteiger partial charge in [-0.3, -0.25) is 9.59 Å². The molecule has 4 rings (SSSR count). The molecular formula is C27H32N4O4. The maximum absolute atomic E-state index is 12.8. The van der Waals surface area contributed by atoms with E-state index in [1.807, 2.05) is 69.5 Å². The Hall–Kier alpha value is -3.52. The van der Waals surface area contributed by atoms with Crippen LogP contribution in [0.1, 0.15) is 58.1 Å². The molecule has 0 saturated carbocycles. The zero-order valence-corrected chi connectivity index (χ0v) is 21.2. The van der Waals surface area contributed by atoms with Gasteiger partial charge in [0.05, 0.1) is 18.2 Å². The average molecular weight is 477 g/mol. The molecule has 3 aromatic heterocycles. The Labute approximate surface area is 204 Å². The number of aromatic nitrogens is 4. The third-order valence-corrected chi connectivity index (χ3v) is 6.59. The fourth-order valence-corrected chi connectivity index (χ4v) is 4.91. The van der Waals surface area contributed by atoms with Crippen molar-refractivity contribution in [3.63, 3.8) is 0 Å². The van der Waals surface area contributed by atoms with Gasteiger partial charge in [-0.2, -0.15) is 5.10 Å². The van der Waals surface area contributed by atoms with E-state index in [1.165, 1.54) is 0 Å². The molecule has 0 bridgehead atoms. The van der Waals surface area contributed by atoms with Crippen molar-refractivity contribution in [1.82, 2.24) is 19.2 Å². The van der Waals surface area contributed by atoms with Crippen molar-refractivity contribution in [1.29, 1.82) is 0 Å². The molecule has 3 heterocycles. The number of methoxy groups -OCH3 is 1. The number of hydrogen-bond acceptors (Lipinski definition) is 6. The fraction of sp³-hybridized carbons (Fsp3) is 0.407. The van der Waals surface area contributed by atoms with Crippen molar-refractivity contribution >= 4 is 28.3 Å². The van der Waals surface area contributed by atoms with E-state index in [4.69, 9.17) is 14.5 Å². The molecule has 0 aliphatic heterocycles. The molecule has 4 aromatic rings. The van der Waals surface area contributed by atoms with Crippen molar-refractivity contribution in [3.8, 4) is 0 Å². The normalized spacial score (nSPS) is 12.4. The molecule has 8 nitrogen and oxygen atoms in total. The summed E-state index contributed by atoms with van der Waals surface area (Å²) in [5.74, 6) is -0.620. The number of hydrogen-bond donors (Lipinski definition) is 0. The number of fused-ring (bicyclic) bond motifs is 3. The first-order valence-corrected chi connectivity index (χ1v) is 11.8. The molecule has 1 unspecified atom stereocenters. The lowest BCUT2D eigenvalue weighted by molar-refractivity contribution is -0.142. The number of ketones is 1. The molecule has 184 valence electrons. The van der Waals surface area contributed by atoms with Gasteiger partial charge in [0.1, 0.15) is 0 Å². The van der Waals surface area contributed by atoms with Crippen molar-refractivity contribution in [2.24, 2.45) is 0 Å². The van der Waals surface area contributed by atoms with Crippen molar-refractivity contribution in [3.05, 3.63) is 64.2 Å². The van der Waals surface area contributed by atoms with Crippen LogP contribution < -0.4 is 0 Å². The van der Waals surface area contributed by atoms with E-state index in [2.05, 4.69) is 9.67 Å². The van der Waals surface area contributed by atoms with Crippen LogP contribution in [0.15, 0.2) is 30.3 Å². The number of carbonyl (C=O) groups excluding carboxylic acids is 2. The summed E-state index contributed by atoms with van der Waals surface area (Å²) in [7, 11) is 1.66. The minimum Gasteiger partial charge on any atom is -0.457 e. The second-order valence-electron chi connectivity index (χ2n) is 9.06. The van der Waals surface area contributed by atoms with Crippen LogP contribution in [-0.4, -0.2) is 51.2 Å². The number of nitrogens with zero attached hydrogens (tertiary/aromatic N) is 4. The smallest absolute Gasteiger partial charge is 0.306 e. The van der Waals surface area contributed by atoms with Gasteiger partial charge < -0.3 is 14.0 Å². The highest BCUT2D eigenvalue weighted by molar-refractivity contribution is 5.99. The van der Waals surface area contributed by atoms with Gasteiger partial charge >= 0.3 is 5.97 Å². The van der Waals surface area contributed by atoms with Gasteiger partial charge in [-0.05, 0) is 64.8 Å². The van der Waals surface area contributed by atoms with Gasteiger partial charge in [-0.25, -0.2) is 9.50 Å². The van der Waals surface area contributed by atoms with Crippen LogP contribution in [0.25, 0.3) is 16.6 Å². The maximum atomic E-state index is 12.8. The molecule has 0 aliphatic carbocycles. The van der Waals surface area contributed by atoms with E-state index in [0.717, 1.165) is 44.9 Å². The van der Waals surface area contributed by atoms with Crippen molar-refractivity contribution in [2.45, 2.75) is 53.5 Å². The Balaban J connectivity index is 1.41. The molecule has 0 saturated heterocycles. The molecule has 0 amide bonds. The topological polar surface area (TPSA) is 87.7 Å². The summed E-state index contributed by atoms with van der Waals surface area (Å²) in [6.07, 6.45) is 0.625. The molecule has 0 aliphatic rings. The minimum atomic E-state index is -0.413. The molecule has 1 aromatic carbocycles. The Kier molecular flexibility index (Phi) is 7.03. The zero-order valence-electron chi connectivity index (χ0n) is 21.2. The Morgan fingerprint density at radius 2 is 1.83 bits per heavy atom. The Morgan fingerprint density at radius 1 is 1.09 bits per heavy atom. The van der Waals surface area contributed by atoms with Crippen LogP contribution >= 0.6 is 0 Å². The number of aryl methyl sites for hydroxylation is 3. The second-order valence-corrected chi connectivity index (χ2v) is 9.06. The van der Waals surface area contributed by atoms with Crippen LogP contribution in [0.5, 0.6) is 0 Å². The highest BCUT2D eigenvalue weighted by atomic mass is 16.5. The van der Waals surface area contributed by atoms with Gasteiger partial charge in [0, 0.05) is 47.3 Å². The van der Waals surface area contributed by atoms with E-state index in [1.54, 1.807) is 7.11 Å². The van der Waals surface area contributed by atoms with Gasteiger partial charge in [0.25, 0.3) is 0 Å². The zero-order chi connectivity index (χ0) is 25.3. The lowest BCUT2D eigenvalue weighted by atomic mass is 10.1. The first kappa shape index (κ1) is 24.6. The van der Waals surface area contributed by atoms with Crippen LogP contribution in [0.3, 0.4) is 0 Å². The first-order chi connectivity index (χ1) is 16.7. The number of carbonyl (C=O) groups is 2. The first-order valence-electron chi connectivity index (χ1n) is 11.8. The highest BCUT2D eigenvalue weighted by Gasteiger charge is 2.20. The van der Waals surface area contributed by atoms with Crippen LogP contribution in [-0.2, 0) is 20.7 Å². The minimum absolute atomic E-state index is 0.105. The number of ether oxygens (including phenoxy) is 2. The van der Waals surface area contributed by atoms with Crippen molar-refractivity contribution in [2.75, 3.05) is 20.3 Å². The van der Waals surface area contributed by atoms with Crippen LogP contribution in [0.4, 0.5) is 0 Å². The summed E-state index contributed by atoms with van der Waals surface area (Å²) in [6.45, 7) is 10.1. The lowest BCUT2D eigenvalue weighted by Crippen LogP contribution is -2.17. The number of Topliss-reactive ketones (excluding diaryl/α,β-unsaturated/α-hetero) is 1. The summed E-state index contributed by atoms with van der Waals surface area (Å²) in [6, 6.07) is 9.84. The molecule has 0 spiro atoms.